The second kappa shape index (κ2) is 9.86. The lowest BCUT2D eigenvalue weighted by atomic mass is 9.80. The number of H-pyrrole nitrogens is 1. The largest absolute Gasteiger partial charge is 0.493 e. The third-order valence-corrected chi connectivity index (χ3v) is 8.32. The Bertz CT molecular complexity index is 1750. The number of nitrogens with one attached hydrogen (secondary N) is 1. The Balaban J connectivity index is 1.30. The van der Waals surface area contributed by atoms with Crippen LogP contribution in [0.4, 0.5) is 10.1 Å². The zero-order valence-corrected chi connectivity index (χ0v) is 22.2. The smallest absolute Gasteiger partial charge is 0.187 e. The number of fused-ring (bicyclic) bond motifs is 6. The first-order valence-corrected chi connectivity index (χ1v) is 13.5. The number of benzene rings is 4. The number of hydrogen-bond donors (Lipinski definition) is 1. The second-order valence-corrected chi connectivity index (χ2v) is 10.5. The minimum Gasteiger partial charge on any atom is -0.493 e. The van der Waals surface area contributed by atoms with Crippen LogP contribution in [0.25, 0.3) is 15.7 Å². The summed E-state index contributed by atoms with van der Waals surface area (Å²) in [7, 11) is 1.68. The highest BCUT2D eigenvalue weighted by Crippen LogP contribution is 2.49. The van der Waals surface area contributed by atoms with Crippen LogP contribution >= 0.6 is 0 Å². The van der Waals surface area contributed by atoms with Gasteiger partial charge in [-0.1, -0.05) is 54.6 Å². The van der Waals surface area contributed by atoms with Crippen molar-refractivity contribution in [2.24, 2.45) is 0 Å². The summed E-state index contributed by atoms with van der Waals surface area (Å²) in [6.07, 6.45) is 1.75. The fourth-order valence-corrected chi connectivity index (χ4v) is 6.40. The van der Waals surface area contributed by atoms with Crippen LogP contribution in [-0.4, -0.2) is 23.5 Å². The van der Waals surface area contributed by atoms with E-state index in [4.69, 9.17) is 16.0 Å². The molecule has 3 heterocycles. The molecule has 2 atom stereocenters. The van der Waals surface area contributed by atoms with Crippen LogP contribution < -0.4 is 9.47 Å². The summed E-state index contributed by atoms with van der Waals surface area (Å²) in [6.45, 7) is 8.44. The topological polar surface area (TPSA) is 41.9 Å². The zero-order valence-electron chi connectivity index (χ0n) is 22.2. The van der Waals surface area contributed by atoms with Crippen molar-refractivity contribution < 1.29 is 13.9 Å². The summed E-state index contributed by atoms with van der Waals surface area (Å²) in [6, 6.07) is 27.3. The Morgan fingerprint density at radius 1 is 1.00 bits per heavy atom. The number of aromatic nitrogens is 1. The summed E-state index contributed by atoms with van der Waals surface area (Å²) >= 11 is 0. The molecule has 40 heavy (non-hydrogen) atoms. The van der Waals surface area contributed by atoms with Crippen LogP contribution in [0.3, 0.4) is 0 Å². The first-order chi connectivity index (χ1) is 19.6. The van der Waals surface area contributed by atoms with Gasteiger partial charge in [0.2, 0.25) is 0 Å². The van der Waals surface area contributed by atoms with Crippen LogP contribution in [0, 0.1) is 12.4 Å². The van der Waals surface area contributed by atoms with Crippen molar-refractivity contribution in [3.05, 3.63) is 136 Å². The molecule has 4 aromatic carbocycles. The SMILES string of the molecule is [C-]#[N+]c1ccc(COc2cc3c(cc2OC)CCN2C3Cc3c([nH]c4ccccc34)C2c2ccc(F)cc2)cc1. The van der Waals surface area contributed by atoms with Gasteiger partial charge in [0.1, 0.15) is 12.4 Å². The highest BCUT2D eigenvalue weighted by Gasteiger charge is 2.41. The molecular formula is C34H28FN3O2. The van der Waals surface area contributed by atoms with Gasteiger partial charge >= 0.3 is 0 Å². The van der Waals surface area contributed by atoms with Crippen molar-refractivity contribution in [2.75, 3.05) is 13.7 Å². The quantitative estimate of drug-likeness (QED) is 0.237. The van der Waals surface area contributed by atoms with E-state index in [9.17, 15) is 4.39 Å². The Kier molecular flexibility index (Phi) is 6.02. The predicted octanol–water partition coefficient (Wildman–Crippen LogP) is 7.69. The third kappa shape index (κ3) is 4.11. The molecule has 5 nitrogen and oxygen atoms in total. The Hall–Kier alpha value is -4.60. The van der Waals surface area contributed by atoms with Gasteiger partial charge in [-0.3, -0.25) is 4.90 Å². The number of rotatable bonds is 5. The van der Waals surface area contributed by atoms with Crippen molar-refractivity contribution in [1.82, 2.24) is 9.88 Å². The fourth-order valence-electron chi connectivity index (χ4n) is 6.40. The van der Waals surface area contributed by atoms with E-state index in [1.807, 2.05) is 36.4 Å². The minimum atomic E-state index is -0.227. The maximum atomic E-state index is 13.9. The second-order valence-electron chi connectivity index (χ2n) is 10.5. The lowest BCUT2D eigenvalue weighted by Gasteiger charge is -2.46. The molecule has 0 fully saturated rings. The normalized spacial score (nSPS) is 17.9. The van der Waals surface area contributed by atoms with Crippen LogP contribution in [0.5, 0.6) is 11.5 Å². The summed E-state index contributed by atoms with van der Waals surface area (Å²) < 4.78 is 26.0. The third-order valence-electron chi connectivity index (χ3n) is 8.32. The molecule has 198 valence electrons. The van der Waals surface area contributed by atoms with Crippen molar-refractivity contribution in [2.45, 2.75) is 31.5 Å². The number of nitrogens with zero attached hydrogens (tertiary/aromatic N) is 2. The van der Waals surface area contributed by atoms with E-state index in [1.54, 1.807) is 19.2 Å². The highest BCUT2D eigenvalue weighted by molar-refractivity contribution is 5.85. The number of halogens is 1. The monoisotopic (exact) mass is 529 g/mol. The maximum absolute atomic E-state index is 13.9. The molecule has 0 aliphatic carbocycles. The van der Waals surface area contributed by atoms with Crippen molar-refractivity contribution in [1.29, 1.82) is 0 Å². The molecule has 0 saturated carbocycles. The lowest BCUT2D eigenvalue weighted by Crippen LogP contribution is -2.43. The molecule has 0 spiro atoms. The van der Waals surface area contributed by atoms with E-state index in [1.165, 1.54) is 27.8 Å². The number of para-hydroxylation sites is 1. The summed E-state index contributed by atoms with van der Waals surface area (Å²) in [5, 5.41) is 1.24. The van der Waals surface area contributed by atoms with Crippen LogP contribution in [0.2, 0.25) is 0 Å². The molecule has 1 N–H and O–H groups in total. The summed E-state index contributed by atoms with van der Waals surface area (Å²) in [5.41, 5.74) is 8.84. The van der Waals surface area contributed by atoms with Gasteiger partial charge in [0.15, 0.2) is 17.2 Å². The van der Waals surface area contributed by atoms with Crippen molar-refractivity contribution in [3.8, 4) is 11.5 Å². The van der Waals surface area contributed by atoms with E-state index in [0.29, 0.717) is 18.0 Å². The van der Waals surface area contributed by atoms with Gasteiger partial charge in [-0.2, -0.15) is 0 Å². The van der Waals surface area contributed by atoms with E-state index in [2.05, 4.69) is 51.1 Å². The minimum absolute atomic E-state index is 0.0117. The van der Waals surface area contributed by atoms with E-state index >= 15 is 0 Å². The van der Waals surface area contributed by atoms with Crippen LogP contribution in [-0.2, 0) is 19.4 Å². The summed E-state index contributed by atoms with van der Waals surface area (Å²) in [5.74, 6) is 1.21. The Morgan fingerprint density at radius 3 is 2.58 bits per heavy atom. The molecule has 5 aromatic rings. The van der Waals surface area contributed by atoms with Gasteiger partial charge in [-0.15, -0.1) is 0 Å². The zero-order chi connectivity index (χ0) is 27.2. The predicted molar refractivity (Wildman–Crippen MR) is 153 cm³/mol. The van der Waals surface area contributed by atoms with Gasteiger partial charge in [-0.25, -0.2) is 9.24 Å². The molecule has 2 aliphatic rings. The molecule has 0 bridgehead atoms. The number of aromatic amines is 1. The maximum Gasteiger partial charge on any atom is 0.187 e. The van der Waals surface area contributed by atoms with Gasteiger partial charge < -0.3 is 14.5 Å². The van der Waals surface area contributed by atoms with Gasteiger partial charge in [0.05, 0.1) is 19.7 Å². The van der Waals surface area contributed by atoms with Crippen LogP contribution in [0.1, 0.15) is 45.6 Å². The highest BCUT2D eigenvalue weighted by atomic mass is 19.1. The average molecular weight is 530 g/mol. The number of hydrogen-bond acceptors (Lipinski definition) is 3. The van der Waals surface area contributed by atoms with Gasteiger partial charge in [0.25, 0.3) is 0 Å². The molecule has 2 aliphatic heterocycles. The first kappa shape index (κ1) is 24.4. The van der Waals surface area contributed by atoms with E-state index < -0.39 is 0 Å². The van der Waals surface area contributed by atoms with Gasteiger partial charge in [0, 0.05) is 29.2 Å². The molecule has 0 radical (unpaired) electrons. The molecule has 6 heteroatoms. The van der Waals surface area contributed by atoms with Crippen LogP contribution in [0.15, 0.2) is 84.9 Å². The summed E-state index contributed by atoms with van der Waals surface area (Å²) in [4.78, 5) is 9.73. The van der Waals surface area contributed by atoms with E-state index in [-0.39, 0.29) is 17.9 Å². The van der Waals surface area contributed by atoms with Crippen molar-refractivity contribution in [3.63, 3.8) is 0 Å². The molecule has 0 amide bonds. The number of methoxy groups -OCH3 is 1. The van der Waals surface area contributed by atoms with E-state index in [0.717, 1.165) is 41.8 Å². The Morgan fingerprint density at radius 2 is 1.80 bits per heavy atom. The lowest BCUT2D eigenvalue weighted by molar-refractivity contribution is 0.127. The number of ether oxygens (including phenoxy) is 2. The molecule has 7 rings (SSSR count). The molecule has 2 unspecified atom stereocenters. The Labute approximate surface area is 232 Å². The fraction of sp³-hybridized carbons (Fsp3) is 0.206. The average Bonchev–Trinajstić information content (AvgIpc) is 3.37. The first-order valence-electron chi connectivity index (χ1n) is 13.5. The van der Waals surface area contributed by atoms with Crippen molar-refractivity contribution >= 4 is 16.6 Å². The van der Waals surface area contributed by atoms with Gasteiger partial charge in [-0.05, 0) is 71.0 Å². The molecule has 1 aromatic heterocycles. The molecule has 0 saturated heterocycles. The molecular weight excluding hydrogens is 501 g/mol. The standard InChI is InChI=1S/C34H28FN3O2/c1-36-25-13-7-21(8-14-25)20-40-32-19-27-23(17-31(32)39-2)15-16-38-30(27)18-28-26-5-3-4-6-29(26)37-33(28)34(38)22-9-11-24(35)12-10-22/h3-14,17,19,30,34,37H,15-16,18,20H2,2H3.